The second kappa shape index (κ2) is 8.72. The summed E-state index contributed by atoms with van der Waals surface area (Å²) in [6, 6.07) is 10.9. The Labute approximate surface area is 124 Å². The van der Waals surface area contributed by atoms with Gasteiger partial charge in [-0.15, -0.1) is 0 Å². The minimum Gasteiger partial charge on any atom is -0.465 e. The molecule has 6 nitrogen and oxygen atoms in total. The molecule has 6 heteroatoms. The first-order chi connectivity index (χ1) is 10.1. The van der Waals surface area contributed by atoms with E-state index in [9.17, 15) is 9.59 Å². The van der Waals surface area contributed by atoms with Crippen molar-refractivity contribution in [1.82, 2.24) is 4.90 Å². The van der Waals surface area contributed by atoms with Crippen LogP contribution in [0.2, 0.25) is 0 Å². The number of anilines is 1. The fourth-order valence-corrected chi connectivity index (χ4v) is 1.80. The first-order valence-electron chi connectivity index (χ1n) is 6.65. The minimum atomic E-state index is -0.376. The Morgan fingerprint density at radius 2 is 1.90 bits per heavy atom. The van der Waals surface area contributed by atoms with Gasteiger partial charge >= 0.3 is 5.97 Å². The highest BCUT2D eigenvalue weighted by Crippen LogP contribution is 2.13. The van der Waals surface area contributed by atoms with E-state index in [-0.39, 0.29) is 31.5 Å². The molecule has 112 valence electrons. The molecule has 0 fully saturated rings. The van der Waals surface area contributed by atoms with E-state index in [0.29, 0.717) is 12.3 Å². The molecule has 0 N–H and O–H groups in total. The molecule has 0 bridgehead atoms. The molecule has 1 rings (SSSR count). The van der Waals surface area contributed by atoms with Crippen molar-refractivity contribution >= 4 is 17.6 Å². The summed E-state index contributed by atoms with van der Waals surface area (Å²) in [6.45, 7) is 2.08. The van der Waals surface area contributed by atoms with Gasteiger partial charge in [0.1, 0.15) is 6.54 Å². The second-order valence-corrected chi connectivity index (χ2v) is 4.45. The smallest absolute Gasteiger partial charge is 0.320 e. The van der Waals surface area contributed by atoms with Crippen molar-refractivity contribution in [1.29, 1.82) is 5.26 Å². The number of ether oxygens (including phenoxy) is 1. The number of benzene rings is 1. The van der Waals surface area contributed by atoms with E-state index in [1.807, 2.05) is 12.1 Å². The summed E-state index contributed by atoms with van der Waals surface area (Å²) in [5.41, 5.74) is 0.661. The van der Waals surface area contributed by atoms with Gasteiger partial charge in [-0.25, -0.2) is 0 Å². The summed E-state index contributed by atoms with van der Waals surface area (Å²) in [5, 5.41) is 8.86. The first-order valence-corrected chi connectivity index (χ1v) is 6.65. The predicted octanol–water partition coefficient (Wildman–Crippen LogP) is 1.04. The summed E-state index contributed by atoms with van der Waals surface area (Å²) in [4.78, 5) is 26.6. The molecule has 0 aliphatic heterocycles. The van der Waals surface area contributed by atoms with Crippen LogP contribution in [0.25, 0.3) is 0 Å². The lowest BCUT2D eigenvalue weighted by atomic mass is 10.2. The molecular formula is C15H19N3O3. The van der Waals surface area contributed by atoms with Crippen molar-refractivity contribution in [2.75, 3.05) is 38.2 Å². The van der Waals surface area contributed by atoms with Gasteiger partial charge in [-0.1, -0.05) is 18.2 Å². The zero-order chi connectivity index (χ0) is 15.7. The molecule has 1 aromatic rings. The third kappa shape index (κ3) is 5.63. The number of nitriles is 1. The maximum Gasteiger partial charge on any atom is 0.320 e. The molecule has 0 unspecified atom stereocenters. The SMILES string of the molecule is CCOC(=O)CN(C)CC(=O)N(CC#N)c1ccccc1. The number of likely N-dealkylation sites (N-methyl/N-ethyl adjacent to an activating group) is 1. The average Bonchev–Trinajstić information content (AvgIpc) is 2.45. The molecule has 0 aliphatic rings. The summed E-state index contributed by atoms with van der Waals surface area (Å²) in [5.74, 6) is -0.617. The number of hydrogen-bond acceptors (Lipinski definition) is 5. The van der Waals surface area contributed by atoms with Crippen LogP contribution in [-0.2, 0) is 14.3 Å². The van der Waals surface area contributed by atoms with Gasteiger partial charge in [0.25, 0.3) is 0 Å². The first kappa shape index (κ1) is 16.7. The third-order valence-electron chi connectivity index (χ3n) is 2.71. The molecule has 21 heavy (non-hydrogen) atoms. The molecule has 0 spiro atoms. The quantitative estimate of drug-likeness (QED) is 0.554. The number of amides is 1. The molecule has 0 atom stereocenters. The number of rotatable bonds is 7. The van der Waals surface area contributed by atoms with Crippen molar-refractivity contribution < 1.29 is 14.3 Å². The number of carbonyl (C=O) groups excluding carboxylic acids is 2. The third-order valence-corrected chi connectivity index (χ3v) is 2.71. The van der Waals surface area contributed by atoms with E-state index < -0.39 is 0 Å². The van der Waals surface area contributed by atoms with Crippen LogP contribution in [0.5, 0.6) is 0 Å². The zero-order valence-corrected chi connectivity index (χ0v) is 12.3. The number of carbonyl (C=O) groups is 2. The zero-order valence-electron chi connectivity index (χ0n) is 12.3. The van der Waals surface area contributed by atoms with Crippen LogP contribution < -0.4 is 4.90 Å². The maximum absolute atomic E-state index is 12.3. The van der Waals surface area contributed by atoms with Crippen LogP contribution in [-0.4, -0.2) is 50.1 Å². The average molecular weight is 289 g/mol. The van der Waals surface area contributed by atoms with Crippen molar-refractivity contribution in [3.63, 3.8) is 0 Å². The summed E-state index contributed by atoms with van der Waals surface area (Å²) >= 11 is 0. The van der Waals surface area contributed by atoms with Crippen LogP contribution in [0.1, 0.15) is 6.92 Å². The molecule has 0 radical (unpaired) electrons. The van der Waals surface area contributed by atoms with Gasteiger partial charge in [0.2, 0.25) is 5.91 Å². The molecule has 0 aliphatic carbocycles. The van der Waals surface area contributed by atoms with E-state index in [1.165, 1.54) is 4.90 Å². The van der Waals surface area contributed by atoms with Crippen molar-refractivity contribution in [2.45, 2.75) is 6.92 Å². The van der Waals surface area contributed by atoms with E-state index in [4.69, 9.17) is 10.00 Å². The van der Waals surface area contributed by atoms with Gasteiger partial charge in [0.15, 0.2) is 0 Å². The highest BCUT2D eigenvalue weighted by Gasteiger charge is 2.18. The second-order valence-electron chi connectivity index (χ2n) is 4.45. The fourth-order valence-electron chi connectivity index (χ4n) is 1.80. The Hall–Kier alpha value is -2.39. The van der Waals surface area contributed by atoms with E-state index >= 15 is 0 Å². The van der Waals surface area contributed by atoms with Gasteiger partial charge < -0.3 is 4.74 Å². The topological polar surface area (TPSA) is 73.6 Å². The standard InChI is InChI=1S/C15H19N3O3/c1-3-21-15(20)12-17(2)11-14(19)18(10-9-16)13-7-5-4-6-8-13/h4-8H,3,10-12H2,1-2H3. The number of para-hydroxylation sites is 1. The summed E-state index contributed by atoms with van der Waals surface area (Å²) in [6.07, 6.45) is 0. The highest BCUT2D eigenvalue weighted by atomic mass is 16.5. The molecule has 0 saturated heterocycles. The molecular weight excluding hydrogens is 270 g/mol. The van der Waals surface area contributed by atoms with Gasteiger partial charge in [0.05, 0.1) is 25.8 Å². The Morgan fingerprint density at radius 1 is 1.24 bits per heavy atom. The van der Waals surface area contributed by atoms with Gasteiger partial charge in [-0.2, -0.15) is 5.26 Å². The fraction of sp³-hybridized carbons (Fsp3) is 0.400. The Kier molecular flexibility index (Phi) is 6.92. The van der Waals surface area contributed by atoms with Gasteiger partial charge in [0, 0.05) is 5.69 Å². The van der Waals surface area contributed by atoms with Gasteiger partial charge in [-0.3, -0.25) is 19.4 Å². The normalized spacial score (nSPS) is 10.0. The number of hydrogen-bond donors (Lipinski definition) is 0. The van der Waals surface area contributed by atoms with Crippen molar-refractivity contribution in [2.24, 2.45) is 0 Å². The Balaban J connectivity index is 2.66. The van der Waals surface area contributed by atoms with E-state index in [0.717, 1.165) is 0 Å². The van der Waals surface area contributed by atoms with Crippen LogP contribution in [0, 0.1) is 11.3 Å². The maximum atomic E-state index is 12.3. The lowest BCUT2D eigenvalue weighted by molar-refractivity contribution is -0.144. The van der Waals surface area contributed by atoms with Gasteiger partial charge in [-0.05, 0) is 26.1 Å². The summed E-state index contributed by atoms with van der Waals surface area (Å²) < 4.78 is 4.83. The van der Waals surface area contributed by atoms with Crippen molar-refractivity contribution in [3.05, 3.63) is 30.3 Å². The largest absolute Gasteiger partial charge is 0.465 e. The molecule has 1 amide bonds. The Morgan fingerprint density at radius 3 is 2.48 bits per heavy atom. The number of nitrogens with zero attached hydrogens (tertiary/aromatic N) is 3. The van der Waals surface area contributed by atoms with E-state index in [2.05, 4.69) is 0 Å². The molecule has 0 aromatic heterocycles. The Bertz CT molecular complexity index is 511. The van der Waals surface area contributed by atoms with Crippen molar-refractivity contribution in [3.8, 4) is 6.07 Å². The van der Waals surface area contributed by atoms with Crippen LogP contribution in [0.4, 0.5) is 5.69 Å². The minimum absolute atomic E-state index is 0.0317. The highest BCUT2D eigenvalue weighted by molar-refractivity contribution is 5.95. The van der Waals surface area contributed by atoms with Crippen LogP contribution in [0.3, 0.4) is 0 Å². The van der Waals surface area contributed by atoms with Crippen LogP contribution in [0.15, 0.2) is 30.3 Å². The monoisotopic (exact) mass is 289 g/mol. The summed E-state index contributed by atoms with van der Waals surface area (Å²) in [7, 11) is 1.66. The predicted molar refractivity (Wildman–Crippen MR) is 78.5 cm³/mol. The van der Waals surface area contributed by atoms with E-state index in [1.54, 1.807) is 43.1 Å². The molecule has 0 heterocycles. The number of esters is 1. The van der Waals surface area contributed by atoms with Crippen LogP contribution >= 0.6 is 0 Å². The lowest BCUT2D eigenvalue weighted by Gasteiger charge is -2.23. The lowest BCUT2D eigenvalue weighted by Crippen LogP contribution is -2.41. The molecule has 1 aromatic carbocycles. The molecule has 0 saturated carbocycles.